The Hall–Kier alpha value is -5.15. The second-order valence-electron chi connectivity index (χ2n) is 20.0. The molecular formula is C52H73N2O9P. The Balaban J connectivity index is 0.000000270. The van der Waals surface area contributed by atoms with Gasteiger partial charge in [0.1, 0.15) is 28.7 Å². The Morgan fingerprint density at radius 3 is 1.19 bits per heavy atom. The van der Waals surface area contributed by atoms with E-state index in [0.717, 1.165) is 53.2 Å². The van der Waals surface area contributed by atoms with Gasteiger partial charge in [0, 0.05) is 24.0 Å². The zero-order valence-electron chi connectivity index (χ0n) is 40.7. The molecule has 2 saturated heterocycles. The zero-order chi connectivity index (χ0) is 48.1. The molecule has 0 N–H and O–H groups in total. The van der Waals surface area contributed by atoms with Crippen molar-refractivity contribution in [1.82, 2.24) is 9.80 Å². The van der Waals surface area contributed by atoms with Crippen molar-refractivity contribution in [2.45, 2.75) is 157 Å². The molecule has 0 aliphatic carbocycles. The Morgan fingerprint density at radius 2 is 0.844 bits per heavy atom. The second kappa shape index (κ2) is 22.7. The molecule has 2 amide bonds. The fourth-order valence-corrected chi connectivity index (χ4v) is 11.4. The molecule has 0 unspecified atom stereocenters. The fraction of sp³-hybridized carbons (Fsp3) is 0.500. The quantitative estimate of drug-likeness (QED) is 0.0749. The third-order valence-electron chi connectivity index (χ3n) is 9.80. The summed E-state index contributed by atoms with van der Waals surface area (Å²) in [7, 11) is 0. The second-order valence-corrected chi connectivity index (χ2v) is 23.6. The van der Waals surface area contributed by atoms with E-state index in [1.165, 1.54) is 4.90 Å². The monoisotopic (exact) mass is 901 g/mol. The number of carbonyl (C=O) groups is 5. The molecule has 2 heterocycles. The van der Waals surface area contributed by atoms with Gasteiger partial charge in [0.25, 0.3) is 0 Å². The number of esters is 2. The largest absolute Gasteiger partial charge is 0.457 e. The van der Waals surface area contributed by atoms with Gasteiger partial charge in [-0.3, -0.25) is 4.90 Å². The van der Waals surface area contributed by atoms with Gasteiger partial charge >= 0.3 is 24.1 Å². The van der Waals surface area contributed by atoms with Crippen LogP contribution in [0.4, 0.5) is 9.59 Å². The summed E-state index contributed by atoms with van der Waals surface area (Å²) in [6.07, 6.45) is 5.28. The number of carbonyl (C=O) groups excluding carboxylic acids is 5. The maximum Gasteiger partial charge on any atom is 0.410 e. The summed E-state index contributed by atoms with van der Waals surface area (Å²) in [4.78, 5) is 62.9. The number of benzene rings is 3. The van der Waals surface area contributed by atoms with E-state index >= 15 is 0 Å². The molecule has 2 fully saturated rings. The van der Waals surface area contributed by atoms with E-state index in [1.54, 1.807) is 11.8 Å². The normalized spacial score (nSPS) is 16.9. The summed E-state index contributed by atoms with van der Waals surface area (Å²) in [5.41, 5.74) is -1.55. The first-order valence-electron chi connectivity index (χ1n) is 22.2. The molecule has 3 aromatic carbocycles. The van der Waals surface area contributed by atoms with Crippen LogP contribution >= 0.6 is 6.89 Å². The Kier molecular flexibility index (Phi) is 18.8. The van der Waals surface area contributed by atoms with Crippen LogP contribution in [0.2, 0.25) is 0 Å². The molecule has 0 bridgehead atoms. The van der Waals surface area contributed by atoms with Gasteiger partial charge in [0.15, 0.2) is 0 Å². The van der Waals surface area contributed by atoms with Crippen LogP contribution in [-0.2, 0) is 33.3 Å². The summed E-state index contributed by atoms with van der Waals surface area (Å²) in [5.74, 6) is -0.582. The third-order valence-corrected chi connectivity index (χ3v) is 14.2. The van der Waals surface area contributed by atoms with Crippen LogP contribution in [0.25, 0.3) is 0 Å². The topological polar surface area (TPSA) is 129 Å². The highest BCUT2D eigenvalue weighted by Gasteiger charge is 2.35. The van der Waals surface area contributed by atoms with Crippen LogP contribution in [0.3, 0.4) is 0 Å². The van der Waals surface area contributed by atoms with Crippen LogP contribution in [-0.4, -0.2) is 93.1 Å². The average Bonchev–Trinajstić information content (AvgIpc) is 3.88. The molecule has 5 rings (SSSR count). The molecule has 11 nitrogen and oxygen atoms in total. The third kappa shape index (κ3) is 16.1. The van der Waals surface area contributed by atoms with Crippen LogP contribution in [0.5, 0.6) is 0 Å². The van der Waals surface area contributed by atoms with E-state index < -0.39 is 29.3 Å². The Morgan fingerprint density at radius 1 is 0.516 bits per heavy atom. The van der Waals surface area contributed by atoms with Gasteiger partial charge < -0.3 is 28.6 Å². The number of ether oxygens (including phenoxy) is 4. The summed E-state index contributed by atoms with van der Waals surface area (Å²) in [5, 5.41) is 4.20. The lowest BCUT2D eigenvalue weighted by Crippen LogP contribution is -2.40. The summed E-state index contributed by atoms with van der Waals surface area (Å²) >= 11 is 0. The Labute approximate surface area is 382 Å². The lowest BCUT2D eigenvalue weighted by molar-refractivity contribution is -0.150. The zero-order valence-corrected chi connectivity index (χ0v) is 41.6. The molecule has 2 aliphatic heterocycles. The minimum atomic E-state index is -2.34. The average molecular weight is 901 g/mol. The van der Waals surface area contributed by atoms with Crippen LogP contribution in [0, 0.1) is 0 Å². The first-order chi connectivity index (χ1) is 29.7. The lowest BCUT2D eigenvalue weighted by atomic mass is 10.1. The molecule has 64 heavy (non-hydrogen) atoms. The summed E-state index contributed by atoms with van der Waals surface area (Å²) in [6, 6.07) is 30.6. The standard InChI is InChI=1S/C25H27O2P.C17H29NO4.C10H17NO3/c1-20(24(26)27-25(2,3)4)28(21-14-8-5-9-15-21,22-16-10-6-11-17-22)23-18-12-7-13-19-23;1-12(14(19)21-16(2,3)4)11-13-9-8-10-18(13)15(20)22-17(5,6)7;1-10(2,3)14-9(13)11-6-4-5-8(11)7-12/h5-19H,1-4H3;11,13H,8-10H2,1-7H3;7-8H,4-6H2,1-3H3/b;12-11+;/t;13-;8-/m.00/s1. The number of likely N-dealkylation sites (tertiary alicyclic amines) is 2. The highest BCUT2D eigenvalue weighted by atomic mass is 31.2. The van der Waals surface area contributed by atoms with Crippen molar-refractivity contribution in [3.05, 3.63) is 103 Å². The van der Waals surface area contributed by atoms with Gasteiger partial charge in [0.2, 0.25) is 0 Å². The van der Waals surface area contributed by atoms with E-state index in [2.05, 4.69) is 36.4 Å². The minimum absolute atomic E-state index is 0.109. The predicted molar refractivity (Wildman–Crippen MR) is 259 cm³/mol. The number of nitrogens with zero attached hydrogens (tertiary/aromatic N) is 2. The van der Waals surface area contributed by atoms with Crippen molar-refractivity contribution >= 4 is 58.5 Å². The van der Waals surface area contributed by atoms with Crippen LogP contribution in [0.1, 0.15) is 123 Å². The summed E-state index contributed by atoms with van der Waals surface area (Å²) < 4.78 is 21.8. The number of hydrogen-bond donors (Lipinski definition) is 0. The molecule has 2 aliphatic rings. The van der Waals surface area contributed by atoms with Gasteiger partial charge in [-0.1, -0.05) is 97.1 Å². The lowest BCUT2D eigenvalue weighted by Gasteiger charge is -2.32. The molecule has 0 radical (unpaired) electrons. The highest BCUT2D eigenvalue weighted by Crippen LogP contribution is 2.46. The van der Waals surface area contributed by atoms with E-state index in [1.807, 2.05) is 151 Å². The number of aldehydes is 1. The van der Waals surface area contributed by atoms with Crippen molar-refractivity contribution in [1.29, 1.82) is 0 Å². The molecule has 3 aromatic rings. The van der Waals surface area contributed by atoms with Gasteiger partial charge in [-0.15, -0.1) is 0 Å². The van der Waals surface area contributed by atoms with Crippen LogP contribution in [0.15, 0.2) is 103 Å². The minimum Gasteiger partial charge on any atom is -0.457 e. The SMILES string of the molecule is C/C(=C\[C@@H]1CCCN1C(=O)OC(C)(C)C)C(=O)OC(C)(C)C.CC(C(=O)OC(C)(C)C)=P(c1ccccc1)(c1ccccc1)c1ccccc1.CC(C)(C)OC(=O)N1CCC[C@H]1C=O. The molecule has 0 spiro atoms. The Bertz CT molecular complexity index is 2000. The molecule has 0 saturated carbocycles. The fourth-order valence-electron chi connectivity index (χ4n) is 7.18. The number of rotatable bonds is 7. The van der Waals surface area contributed by atoms with Gasteiger partial charge in [-0.2, -0.15) is 0 Å². The summed E-state index contributed by atoms with van der Waals surface area (Å²) in [6.45, 7) is 24.8. The maximum absolute atomic E-state index is 13.3. The van der Waals surface area contributed by atoms with E-state index in [0.29, 0.717) is 18.7 Å². The molecular weight excluding hydrogens is 828 g/mol. The number of amides is 2. The molecule has 2 atom stereocenters. The van der Waals surface area contributed by atoms with Crippen molar-refractivity contribution < 1.29 is 42.9 Å². The van der Waals surface area contributed by atoms with Crippen LogP contribution < -0.4 is 15.9 Å². The van der Waals surface area contributed by atoms with Crippen molar-refractivity contribution in [3.63, 3.8) is 0 Å². The predicted octanol–water partition coefficient (Wildman–Crippen LogP) is 9.77. The molecule has 350 valence electrons. The molecule has 12 heteroatoms. The van der Waals surface area contributed by atoms with Gasteiger partial charge in [-0.25, -0.2) is 19.2 Å². The molecule has 0 aromatic heterocycles. The van der Waals surface area contributed by atoms with Crippen molar-refractivity contribution in [2.24, 2.45) is 0 Å². The highest BCUT2D eigenvalue weighted by molar-refractivity contribution is 7.96. The van der Waals surface area contributed by atoms with E-state index in [4.69, 9.17) is 18.9 Å². The van der Waals surface area contributed by atoms with Gasteiger partial charge in [0.05, 0.1) is 12.1 Å². The first kappa shape index (κ1) is 53.2. The van der Waals surface area contributed by atoms with Gasteiger partial charge in [-0.05, 0) is 145 Å². The number of hydrogen-bond acceptors (Lipinski definition) is 9. The van der Waals surface area contributed by atoms with Crippen molar-refractivity contribution in [2.75, 3.05) is 13.1 Å². The smallest absolute Gasteiger partial charge is 0.410 e. The van der Waals surface area contributed by atoms with E-state index in [-0.39, 0.29) is 36.2 Å². The maximum atomic E-state index is 13.3. The van der Waals surface area contributed by atoms with E-state index in [9.17, 15) is 24.0 Å². The van der Waals surface area contributed by atoms with Crippen molar-refractivity contribution in [3.8, 4) is 0 Å². The first-order valence-corrected chi connectivity index (χ1v) is 24.0.